The molecule has 24 heavy (non-hydrogen) atoms. The third kappa shape index (κ3) is 3.16. The van der Waals surface area contributed by atoms with Gasteiger partial charge in [0.05, 0.1) is 0 Å². The molecule has 124 valence electrons. The highest BCUT2D eigenvalue weighted by atomic mass is 35.5. The summed E-state index contributed by atoms with van der Waals surface area (Å²) in [7, 11) is 0. The van der Waals surface area contributed by atoms with Crippen LogP contribution < -0.4 is 5.32 Å². The molecule has 0 bridgehead atoms. The van der Waals surface area contributed by atoms with Gasteiger partial charge in [-0.15, -0.1) is 12.4 Å². The number of aromatic amines is 1. The Labute approximate surface area is 146 Å². The van der Waals surface area contributed by atoms with Gasteiger partial charge in [-0.1, -0.05) is 48.5 Å². The highest BCUT2D eigenvalue weighted by Crippen LogP contribution is 2.26. The molecule has 0 radical (unpaired) electrons. The lowest BCUT2D eigenvalue weighted by atomic mass is 9.98. The molecule has 0 saturated heterocycles. The second-order valence-corrected chi connectivity index (χ2v) is 5.86. The van der Waals surface area contributed by atoms with E-state index >= 15 is 0 Å². The Hall–Kier alpha value is -2.30. The average molecular weight is 343 g/mol. The van der Waals surface area contributed by atoms with Gasteiger partial charge < -0.3 is 9.72 Å². The number of ether oxygens (including phenoxy) is 1. The first kappa shape index (κ1) is 16.6. The molecule has 0 aliphatic carbocycles. The van der Waals surface area contributed by atoms with Crippen molar-refractivity contribution in [2.75, 3.05) is 0 Å². The Morgan fingerprint density at radius 1 is 1.08 bits per heavy atom. The first-order valence-corrected chi connectivity index (χ1v) is 7.83. The lowest BCUT2D eigenvalue weighted by molar-refractivity contribution is -0.147. The minimum atomic E-state index is -0.287. The van der Waals surface area contributed by atoms with Crippen molar-refractivity contribution in [3.8, 4) is 0 Å². The number of halogens is 1. The maximum absolute atomic E-state index is 12.3. The predicted octanol–water partition coefficient (Wildman–Crippen LogP) is 3.35. The third-order valence-corrected chi connectivity index (χ3v) is 4.34. The molecule has 4 rings (SSSR count). The summed E-state index contributed by atoms with van der Waals surface area (Å²) in [5.41, 5.74) is 4.52. The van der Waals surface area contributed by atoms with Gasteiger partial charge in [-0.05, 0) is 17.2 Å². The summed E-state index contributed by atoms with van der Waals surface area (Å²) in [4.78, 5) is 15.8. The molecule has 2 N–H and O–H groups in total. The molecule has 4 nitrogen and oxygen atoms in total. The maximum atomic E-state index is 12.3. The fraction of sp³-hybridized carbons (Fsp3) is 0.211. The molecular formula is C19H19ClN2O2. The Balaban J connectivity index is 0.00000169. The van der Waals surface area contributed by atoms with E-state index in [-0.39, 0.29) is 24.4 Å². The standard InChI is InChI=1S/C19H18N2O2.ClH/c22-19(23-12-13-6-2-1-3-7-13)17-10-15-14-8-4-5-9-16(14)21-18(15)11-20-17;/h1-9,17,20-21H,10-12H2;1H. The van der Waals surface area contributed by atoms with Crippen LogP contribution in [0.5, 0.6) is 0 Å². The number of rotatable bonds is 3. The Kier molecular flexibility index (Phi) is 4.88. The highest BCUT2D eigenvalue weighted by molar-refractivity contribution is 5.86. The molecule has 1 atom stereocenters. The first-order chi connectivity index (χ1) is 11.3. The number of carbonyl (C=O) groups is 1. The Morgan fingerprint density at radius 3 is 2.67 bits per heavy atom. The fourth-order valence-corrected chi connectivity index (χ4v) is 3.14. The minimum Gasteiger partial charge on any atom is -0.460 e. The molecule has 3 aromatic rings. The van der Waals surface area contributed by atoms with E-state index in [0.29, 0.717) is 19.6 Å². The largest absolute Gasteiger partial charge is 0.460 e. The lowest BCUT2D eigenvalue weighted by Gasteiger charge is -2.22. The van der Waals surface area contributed by atoms with Crippen molar-refractivity contribution in [1.82, 2.24) is 10.3 Å². The van der Waals surface area contributed by atoms with E-state index in [4.69, 9.17) is 4.74 Å². The van der Waals surface area contributed by atoms with Crippen LogP contribution in [0.1, 0.15) is 16.8 Å². The fourth-order valence-electron chi connectivity index (χ4n) is 3.14. The quantitative estimate of drug-likeness (QED) is 0.718. The van der Waals surface area contributed by atoms with E-state index in [1.165, 1.54) is 16.6 Å². The zero-order valence-electron chi connectivity index (χ0n) is 13.1. The van der Waals surface area contributed by atoms with Crippen molar-refractivity contribution < 1.29 is 9.53 Å². The summed E-state index contributed by atoms with van der Waals surface area (Å²) in [6, 6.07) is 17.7. The molecular weight excluding hydrogens is 324 g/mol. The van der Waals surface area contributed by atoms with Gasteiger partial charge in [0.2, 0.25) is 0 Å². The van der Waals surface area contributed by atoms with Gasteiger partial charge >= 0.3 is 5.97 Å². The number of aromatic nitrogens is 1. The summed E-state index contributed by atoms with van der Waals surface area (Å²) >= 11 is 0. The minimum absolute atomic E-state index is 0. The Bertz CT molecular complexity index is 845. The van der Waals surface area contributed by atoms with E-state index in [2.05, 4.69) is 22.4 Å². The number of hydrogen-bond donors (Lipinski definition) is 2. The van der Waals surface area contributed by atoms with Crippen molar-refractivity contribution in [3.63, 3.8) is 0 Å². The van der Waals surface area contributed by atoms with Gasteiger partial charge in [-0.2, -0.15) is 0 Å². The SMILES string of the molecule is Cl.O=C(OCc1ccccc1)C1Cc2c([nH]c3ccccc23)CN1. The third-order valence-electron chi connectivity index (χ3n) is 4.34. The topological polar surface area (TPSA) is 54.1 Å². The van der Waals surface area contributed by atoms with Crippen LogP contribution in [0.4, 0.5) is 0 Å². The van der Waals surface area contributed by atoms with Crippen LogP contribution in [-0.4, -0.2) is 17.0 Å². The number of carbonyl (C=O) groups excluding carboxylic acids is 1. The zero-order chi connectivity index (χ0) is 15.6. The van der Waals surface area contributed by atoms with Crippen LogP contribution in [0.3, 0.4) is 0 Å². The average Bonchev–Trinajstić information content (AvgIpc) is 2.98. The predicted molar refractivity (Wildman–Crippen MR) is 96.1 cm³/mol. The van der Waals surface area contributed by atoms with Gasteiger partial charge in [0.25, 0.3) is 0 Å². The zero-order valence-corrected chi connectivity index (χ0v) is 13.9. The normalized spacial score (nSPS) is 16.2. The van der Waals surface area contributed by atoms with Gasteiger partial charge in [0.15, 0.2) is 0 Å². The van der Waals surface area contributed by atoms with Crippen molar-refractivity contribution in [2.45, 2.75) is 25.6 Å². The van der Waals surface area contributed by atoms with E-state index in [9.17, 15) is 4.79 Å². The summed E-state index contributed by atoms with van der Waals surface area (Å²) < 4.78 is 5.46. The molecule has 1 aliphatic heterocycles. The first-order valence-electron chi connectivity index (χ1n) is 7.83. The molecule has 0 amide bonds. The van der Waals surface area contributed by atoms with Gasteiger partial charge in [-0.25, -0.2) is 0 Å². The number of para-hydroxylation sites is 1. The lowest BCUT2D eigenvalue weighted by Crippen LogP contribution is -2.42. The molecule has 0 saturated carbocycles. The highest BCUT2D eigenvalue weighted by Gasteiger charge is 2.27. The van der Waals surface area contributed by atoms with E-state index < -0.39 is 0 Å². The molecule has 0 spiro atoms. The van der Waals surface area contributed by atoms with Gasteiger partial charge in [0.1, 0.15) is 12.6 Å². The van der Waals surface area contributed by atoms with Crippen LogP contribution in [-0.2, 0) is 29.1 Å². The van der Waals surface area contributed by atoms with E-state index in [0.717, 1.165) is 11.1 Å². The number of H-pyrrole nitrogens is 1. The van der Waals surface area contributed by atoms with Crippen molar-refractivity contribution in [3.05, 3.63) is 71.4 Å². The molecule has 2 heterocycles. The molecule has 1 aromatic heterocycles. The van der Waals surface area contributed by atoms with E-state index in [1.807, 2.05) is 42.5 Å². The van der Waals surface area contributed by atoms with Crippen molar-refractivity contribution in [1.29, 1.82) is 0 Å². The van der Waals surface area contributed by atoms with Gasteiger partial charge in [0, 0.05) is 29.6 Å². The van der Waals surface area contributed by atoms with Crippen LogP contribution in [0.2, 0.25) is 0 Å². The monoisotopic (exact) mass is 342 g/mol. The molecule has 1 aliphatic rings. The number of fused-ring (bicyclic) bond motifs is 3. The number of benzene rings is 2. The van der Waals surface area contributed by atoms with Crippen LogP contribution in [0.15, 0.2) is 54.6 Å². The molecule has 1 unspecified atom stereocenters. The summed E-state index contributed by atoms with van der Waals surface area (Å²) in [6.45, 7) is 0.980. The van der Waals surface area contributed by atoms with Crippen LogP contribution in [0, 0.1) is 0 Å². The maximum Gasteiger partial charge on any atom is 0.323 e. The summed E-state index contributed by atoms with van der Waals surface area (Å²) in [5, 5.41) is 4.47. The van der Waals surface area contributed by atoms with Crippen LogP contribution in [0.25, 0.3) is 10.9 Å². The second-order valence-electron chi connectivity index (χ2n) is 5.86. The molecule has 2 aromatic carbocycles. The number of esters is 1. The van der Waals surface area contributed by atoms with Gasteiger partial charge in [-0.3, -0.25) is 10.1 Å². The smallest absolute Gasteiger partial charge is 0.323 e. The van der Waals surface area contributed by atoms with Crippen LogP contribution >= 0.6 is 12.4 Å². The molecule has 0 fully saturated rings. The van der Waals surface area contributed by atoms with Crippen molar-refractivity contribution in [2.24, 2.45) is 0 Å². The number of nitrogens with one attached hydrogen (secondary N) is 2. The summed E-state index contributed by atoms with van der Waals surface area (Å²) in [5.74, 6) is -0.190. The Morgan fingerprint density at radius 2 is 1.83 bits per heavy atom. The van der Waals surface area contributed by atoms with Crippen molar-refractivity contribution >= 4 is 29.3 Å². The number of hydrogen-bond acceptors (Lipinski definition) is 3. The van der Waals surface area contributed by atoms with E-state index in [1.54, 1.807) is 0 Å². The summed E-state index contributed by atoms with van der Waals surface area (Å²) in [6.07, 6.45) is 0.660. The second kappa shape index (κ2) is 7.07. The molecule has 5 heteroatoms.